The maximum absolute atomic E-state index is 12.1. The minimum atomic E-state index is -0.520. The van der Waals surface area contributed by atoms with E-state index in [0.29, 0.717) is 10.6 Å². The summed E-state index contributed by atoms with van der Waals surface area (Å²) in [6.07, 6.45) is 0. The van der Waals surface area contributed by atoms with Crippen molar-refractivity contribution in [2.24, 2.45) is 0 Å². The number of aryl methyl sites for hydroxylation is 1. The lowest BCUT2D eigenvalue weighted by Crippen LogP contribution is -2.11. The highest BCUT2D eigenvalue weighted by Crippen LogP contribution is 2.24. The van der Waals surface area contributed by atoms with Gasteiger partial charge in [0.2, 0.25) is 0 Å². The third-order valence-corrected chi connectivity index (χ3v) is 3.56. The fraction of sp³-hybridized carbons (Fsp3) is 0.267. The van der Waals surface area contributed by atoms with Crippen LogP contribution in [0, 0.1) is 13.8 Å². The lowest BCUT2D eigenvalue weighted by Gasteiger charge is -2.10. The summed E-state index contributed by atoms with van der Waals surface area (Å²) >= 11 is 11.9. The third kappa shape index (κ3) is 2.70. The Labute approximate surface area is 123 Å². The van der Waals surface area contributed by atoms with Gasteiger partial charge in [0.05, 0.1) is 5.38 Å². The monoisotopic (exact) mass is 295 g/mol. The average Bonchev–Trinajstić information content (AvgIpc) is 2.63. The van der Waals surface area contributed by atoms with Crippen LogP contribution < -0.4 is 0 Å². The van der Waals surface area contributed by atoms with Gasteiger partial charge in [-0.25, -0.2) is 0 Å². The minimum absolute atomic E-state index is 0.0527. The fourth-order valence-corrected chi connectivity index (χ4v) is 2.54. The van der Waals surface area contributed by atoms with Crippen molar-refractivity contribution in [1.82, 2.24) is 4.57 Å². The van der Waals surface area contributed by atoms with Crippen molar-refractivity contribution in [2.75, 3.05) is 0 Å². The normalized spacial score (nSPS) is 12.5. The maximum Gasteiger partial charge on any atom is 0.182 e. The van der Waals surface area contributed by atoms with Crippen molar-refractivity contribution < 1.29 is 4.79 Å². The van der Waals surface area contributed by atoms with Crippen LogP contribution in [-0.4, -0.2) is 15.7 Å². The molecule has 19 heavy (non-hydrogen) atoms. The van der Waals surface area contributed by atoms with E-state index in [1.54, 1.807) is 6.92 Å². The fourth-order valence-electron chi connectivity index (χ4n) is 2.24. The Bertz CT molecular complexity index is 629. The molecule has 1 unspecified atom stereocenters. The average molecular weight is 296 g/mol. The van der Waals surface area contributed by atoms with Crippen molar-refractivity contribution in [3.63, 3.8) is 0 Å². The number of Topliss-reactive ketones (excluding diaryl/α,β-unsaturated/α-hetero) is 1. The highest BCUT2D eigenvalue weighted by atomic mass is 35.5. The molecule has 1 heterocycles. The molecule has 0 N–H and O–H groups in total. The second-order valence-corrected chi connectivity index (χ2v) is 5.67. The number of alkyl halides is 1. The van der Waals surface area contributed by atoms with Crippen molar-refractivity contribution in [3.8, 4) is 5.69 Å². The first-order valence-corrected chi connectivity index (χ1v) is 6.86. The largest absolute Gasteiger partial charge is 0.318 e. The SMILES string of the molecule is Cc1cc(C(=O)C(C)Cl)c(C)n1-c1cccc(Cl)c1. The number of hydrogen-bond donors (Lipinski definition) is 0. The van der Waals surface area contributed by atoms with Gasteiger partial charge in [-0.15, -0.1) is 11.6 Å². The first-order chi connectivity index (χ1) is 8.91. The smallest absolute Gasteiger partial charge is 0.182 e. The van der Waals surface area contributed by atoms with E-state index in [4.69, 9.17) is 23.2 Å². The van der Waals surface area contributed by atoms with Gasteiger partial charge in [0.25, 0.3) is 0 Å². The molecule has 2 rings (SSSR count). The summed E-state index contributed by atoms with van der Waals surface area (Å²) in [5, 5.41) is 0.150. The molecule has 0 saturated heterocycles. The number of carbonyl (C=O) groups excluding carboxylic acids is 1. The van der Waals surface area contributed by atoms with Crippen molar-refractivity contribution in [2.45, 2.75) is 26.1 Å². The quantitative estimate of drug-likeness (QED) is 0.601. The molecule has 0 aliphatic carbocycles. The van der Waals surface area contributed by atoms with Gasteiger partial charge in [-0.05, 0) is 45.0 Å². The van der Waals surface area contributed by atoms with Crippen LogP contribution in [0.4, 0.5) is 0 Å². The van der Waals surface area contributed by atoms with Crippen molar-refractivity contribution >= 4 is 29.0 Å². The van der Waals surface area contributed by atoms with E-state index in [-0.39, 0.29) is 5.78 Å². The number of rotatable bonds is 3. The zero-order valence-corrected chi connectivity index (χ0v) is 12.6. The maximum atomic E-state index is 12.1. The lowest BCUT2D eigenvalue weighted by atomic mass is 10.1. The molecule has 100 valence electrons. The van der Waals surface area contributed by atoms with Gasteiger partial charge in [0, 0.05) is 27.7 Å². The summed E-state index contributed by atoms with van der Waals surface area (Å²) in [5.41, 5.74) is 3.49. The van der Waals surface area contributed by atoms with Gasteiger partial charge < -0.3 is 4.57 Å². The summed E-state index contributed by atoms with van der Waals surface area (Å²) in [7, 11) is 0. The van der Waals surface area contributed by atoms with Crippen LogP contribution in [0.3, 0.4) is 0 Å². The van der Waals surface area contributed by atoms with Gasteiger partial charge in [-0.2, -0.15) is 0 Å². The summed E-state index contributed by atoms with van der Waals surface area (Å²) in [6, 6.07) is 9.43. The summed E-state index contributed by atoms with van der Waals surface area (Å²) in [6.45, 7) is 5.57. The predicted molar refractivity (Wildman–Crippen MR) is 79.9 cm³/mol. The van der Waals surface area contributed by atoms with E-state index < -0.39 is 5.38 Å². The molecular weight excluding hydrogens is 281 g/mol. The van der Waals surface area contributed by atoms with E-state index in [1.165, 1.54) is 0 Å². The van der Waals surface area contributed by atoms with E-state index in [0.717, 1.165) is 17.1 Å². The van der Waals surface area contributed by atoms with Crippen LogP contribution in [0.1, 0.15) is 28.7 Å². The molecule has 1 aromatic carbocycles. The van der Waals surface area contributed by atoms with Gasteiger partial charge >= 0.3 is 0 Å². The zero-order chi connectivity index (χ0) is 14.2. The molecule has 2 nitrogen and oxygen atoms in total. The van der Waals surface area contributed by atoms with Gasteiger partial charge in [-0.3, -0.25) is 4.79 Å². The van der Waals surface area contributed by atoms with Crippen LogP contribution in [0.5, 0.6) is 0 Å². The lowest BCUT2D eigenvalue weighted by molar-refractivity contribution is 0.0991. The first kappa shape index (κ1) is 14.2. The molecule has 0 aliphatic rings. The second-order valence-electron chi connectivity index (χ2n) is 4.58. The van der Waals surface area contributed by atoms with Crippen LogP contribution in [0.2, 0.25) is 5.02 Å². The number of nitrogens with zero attached hydrogens (tertiary/aromatic N) is 1. The molecule has 0 spiro atoms. The molecule has 1 aromatic heterocycles. The number of benzene rings is 1. The van der Waals surface area contributed by atoms with Crippen molar-refractivity contribution in [1.29, 1.82) is 0 Å². The Morgan fingerprint density at radius 1 is 1.26 bits per heavy atom. The number of ketones is 1. The standard InChI is InChI=1S/C15H15Cl2NO/c1-9-7-14(15(19)10(2)16)11(3)18(9)13-6-4-5-12(17)8-13/h4-8,10H,1-3H3. The van der Waals surface area contributed by atoms with Crippen LogP contribution >= 0.6 is 23.2 Å². The predicted octanol–water partition coefficient (Wildman–Crippen LogP) is 4.56. The van der Waals surface area contributed by atoms with Gasteiger partial charge in [-0.1, -0.05) is 17.7 Å². The molecule has 0 bridgehead atoms. The number of carbonyl (C=O) groups is 1. The van der Waals surface area contributed by atoms with Gasteiger partial charge in [0.15, 0.2) is 5.78 Å². The van der Waals surface area contributed by atoms with Crippen LogP contribution in [-0.2, 0) is 0 Å². The second kappa shape index (κ2) is 5.40. The summed E-state index contributed by atoms with van der Waals surface area (Å²) in [4.78, 5) is 12.1. The van der Waals surface area contributed by atoms with Crippen LogP contribution in [0.25, 0.3) is 5.69 Å². The molecule has 0 fully saturated rings. The Balaban J connectivity index is 2.57. The Morgan fingerprint density at radius 2 is 1.95 bits per heavy atom. The Morgan fingerprint density at radius 3 is 2.53 bits per heavy atom. The summed E-state index contributed by atoms with van der Waals surface area (Å²) < 4.78 is 2.01. The molecule has 1 atom stereocenters. The molecule has 0 amide bonds. The first-order valence-electron chi connectivity index (χ1n) is 6.05. The topological polar surface area (TPSA) is 22.0 Å². The molecular formula is C15H15Cl2NO. The zero-order valence-electron chi connectivity index (χ0n) is 11.1. The highest BCUT2D eigenvalue weighted by Gasteiger charge is 2.19. The third-order valence-electron chi connectivity index (χ3n) is 3.12. The van der Waals surface area contributed by atoms with Crippen molar-refractivity contribution in [3.05, 3.63) is 52.3 Å². The Kier molecular flexibility index (Phi) is 4.02. The van der Waals surface area contributed by atoms with E-state index in [1.807, 2.05) is 48.7 Å². The van der Waals surface area contributed by atoms with E-state index >= 15 is 0 Å². The summed E-state index contributed by atoms with van der Waals surface area (Å²) in [5.74, 6) is -0.0527. The van der Waals surface area contributed by atoms with E-state index in [2.05, 4.69) is 0 Å². The molecule has 4 heteroatoms. The Hall–Kier alpha value is -1.25. The number of hydrogen-bond acceptors (Lipinski definition) is 1. The molecule has 0 radical (unpaired) electrons. The molecule has 0 saturated carbocycles. The highest BCUT2D eigenvalue weighted by molar-refractivity contribution is 6.33. The minimum Gasteiger partial charge on any atom is -0.318 e. The van der Waals surface area contributed by atoms with E-state index in [9.17, 15) is 4.79 Å². The molecule has 2 aromatic rings. The van der Waals surface area contributed by atoms with Crippen LogP contribution in [0.15, 0.2) is 30.3 Å². The molecule has 0 aliphatic heterocycles. The number of aromatic nitrogens is 1. The number of halogens is 2. The van der Waals surface area contributed by atoms with Gasteiger partial charge in [0.1, 0.15) is 0 Å².